The van der Waals surface area contributed by atoms with Crippen LogP contribution in [-0.2, 0) is 24.3 Å². The molecule has 0 aliphatic carbocycles. The first-order chi connectivity index (χ1) is 13.2. The van der Waals surface area contributed by atoms with Gasteiger partial charge in [0.2, 0.25) is 10.0 Å². The fourth-order valence-corrected chi connectivity index (χ4v) is 3.21. The minimum Gasteiger partial charge on any atom is -0.455 e. The number of amides is 1. The molecule has 0 aliphatic heterocycles. The number of ether oxygens (including phenoxy) is 1. The fraction of sp³-hybridized carbons (Fsp3) is 0.167. The summed E-state index contributed by atoms with van der Waals surface area (Å²) in [6, 6.07) is 11.3. The molecule has 2 aromatic carbocycles. The molecule has 0 bridgehead atoms. The van der Waals surface area contributed by atoms with Gasteiger partial charge in [0.25, 0.3) is 5.91 Å². The third-order valence-electron chi connectivity index (χ3n) is 3.52. The molecule has 8 nitrogen and oxygen atoms in total. The highest BCUT2D eigenvalue weighted by molar-refractivity contribution is 7.89. The van der Waals surface area contributed by atoms with Crippen molar-refractivity contribution in [2.24, 2.45) is 0 Å². The molecule has 0 fully saturated rings. The zero-order valence-electron chi connectivity index (χ0n) is 14.7. The van der Waals surface area contributed by atoms with Gasteiger partial charge in [0.15, 0.2) is 6.61 Å². The molecule has 0 aromatic heterocycles. The predicted molar refractivity (Wildman–Crippen MR) is 97.1 cm³/mol. The molecular weight excluding hydrogens is 389 g/mol. The van der Waals surface area contributed by atoms with Gasteiger partial charge in [-0.15, -0.1) is 0 Å². The van der Waals surface area contributed by atoms with Gasteiger partial charge in [-0.05, 0) is 36.8 Å². The second kappa shape index (κ2) is 9.07. The maximum Gasteiger partial charge on any atom is 0.321 e. The number of nitrogens with zero attached hydrogens (tertiary/aromatic N) is 1. The number of halogens is 1. The van der Waals surface area contributed by atoms with Crippen LogP contribution in [0, 0.1) is 24.1 Å². The van der Waals surface area contributed by atoms with Crippen molar-refractivity contribution in [3.8, 4) is 6.07 Å². The zero-order valence-corrected chi connectivity index (χ0v) is 15.5. The Balaban J connectivity index is 1.86. The van der Waals surface area contributed by atoms with Crippen LogP contribution in [0.15, 0.2) is 47.4 Å². The van der Waals surface area contributed by atoms with E-state index in [2.05, 4.69) is 10.1 Å². The summed E-state index contributed by atoms with van der Waals surface area (Å²) in [5.74, 6) is -2.21. The molecule has 28 heavy (non-hydrogen) atoms. The van der Waals surface area contributed by atoms with E-state index in [0.717, 1.165) is 6.07 Å². The third-order valence-corrected chi connectivity index (χ3v) is 4.98. The Bertz CT molecular complexity index is 1050. The quantitative estimate of drug-likeness (QED) is 0.672. The van der Waals surface area contributed by atoms with Crippen molar-refractivity contribution in [1.82, 2.24) is 4.72 Å². The first kappa shape index (κ1) is 21.0. The highest BCUT2D eigenvalue weighted by atomic mass is 32.2. The van der Waals surface area contributed by atoms with Crippen LogP contribution in [0.3, 0.4) is 0 Å². The van der Waals surface area contributed by atoms with Crippen molar-refractivity contribution in [3.63, 3.8) is 0 Å². The van der Waals surface area contributed by atoms with Crippen LogP contribution in [0.4, 0.5) is 10.1 Å². The van der Waals surface area contributed by atoms with E-state index in [-0.39, 0.29) is 16.1 Å². The van der Waals surface area contributed by atoms with Crippen molar-refractivity contribution in [1.29, 1.82) is 5.26 Å². The van der Waals surface area contributed by atoms with Gasteiger partial charge in [0.1, 0.15) is 18.4 Å². The maximum atomic E-state index is 13.4. The molecule has 0 aliphatic rings. The van der Waals surface area contributed by atoms with Crippen molar-refractivity contribution in [2.45, 2.75) is 11.8 Å². The molecule has 2 aromatic rings. The molecule has 1 amide bonds. The van der Waals surface area contributed by atoms with Gasteiger partial charge >= 0.3 is 5.97 Å². The van der Waals surface area contributed by atoms with Gasteiger partial charge in [-0.2, -0.15) is 9.98 Å². The second-order valence-corrected chi connectivity index (χ2v) is 7.34. The molecule has 0 saturated carbocycles. The third kappa shape index (κ3) is 5.60. The Hall–Kier alpha value is -3.29. The molecule has 2 rings (SSSR count). The Morgan fingerprint density at radius 3 is 2.61 bits per heavy atom. The Kier molecular flexibility index (Phi) is 6.81. The first-order valence-corrected chi connectivity index (χ1v) is 9.41. The van der Waals surface area contributed by atoms with Crippen molar-refractivity contribution in [3.05, 3.63) is 59.4 Å². The maximum absolute atomic E-state index is 13.4. The molecule has 0 radical (unpaired) electrons. The summed E-state index contributed by atoms with van der Waals surface area (Å²) in [4.78, 5) is 23.1. The number of rotatable bonds is 7. The Labute approximate surface area is 161 Å². The number of carbonyl (C=O) groups excluding carboxylic acids is 2. The molecule has 146 valence electrons. The predicted octanol–water partition coefficient (Wildman–Crippen LogP) is 1.47. The minimum atomic E-state index is -4.11. The van der Waals surface area contributed by atoms with Crippen molar-refractivity contribution in [2.75, 3.05) is 18.5 Å². The topological polar surface area (TPSA) is 125 Å². The number of aryl methyl sites for hydroxylation is 1. The highest BCUT2D eigenvalue weighted by Crippen LogP contribution is 2.14. The van der Waals surface area contributed by atoms with Crippen LogP contribution in [0.1, 0.15) is 11.1 Å². The zero-order chi connectivity index (χ0) is 20.7. The van der Waals surface area contributed by atoms with Crippen LogP contribution in [0.5, 0.6) is 0 Å². The molecule has 0 unspecified atom stereocenters. The number of benzene rings is 2. The number of hydrogen-bond donors (Lipinski definition) is 2. The lowest BCUT2D eigenvalue weighted by atomic mass is 10.2. The summed E-state index contributed by atoms with van der Waals surface area (Å²) >= 11 is 0. The number of anilines is 1. The van der Waals surface area contributed by atoms with E-state index < -0.39 is 40.9 Å². The summed E-state index contributed by atoms with van der Waals surface area (Å²) in [6.45, 7) is 0.165. The standard InChI is InChI=1S/C18H16FN3O5S/c1-12-6-7-14(8-15(12)19)22-17(23)11-27-18(24)10-21-28(25,26)16-5-3-2-4-13(16)9-20/h2-8,21H,10-11H2,1H3,(H,22,23). The number of hydrogen-bond acceptors (Lipinski definition) is 6. The number of esters is 1. The van der Waals surface area contributed by atoms with Gasteiger partial charge in [0, 0.05) is 5.69 Å². The second-order valence-electron chi connectivity index (χ2n) is 5.61. The smallest absolute Gasteiger partial charge is 0.321 e. The molecule has 0 atom stereocenters. The van der Waals surface area contributed by atoms with Gasteiger partial charge in [0.05, 0.1) is 10.5 Å². The van der Waals surface area contributed by atoms with E-state index in [9.17, 15) is 22.4 Å². The highest BCUT2D eigenvalue weighted by Gasteiger charge is 2.20. The molecular formula is C18H16FN3O5S. The summed E-state index contributed by atoms with van der Waals surface area (Å²) in [5.41, 5.74) is 0.528. The van der Waals surface area contributed by atoms with Gasteiger partial charge in [-0.3, -0.25) is 9.59 Å². The fourth-order valence-electron chi connectivity index (χ4n) is 2.09. The number of nitriles is 1. The lowest BCUT2D eigenvalue weighted by Crippen LogP contribution is -2.32. The molecule has 0 heterocycles. The van der Waals surface area contributed by atoms with Crippen molar-refractivity contribution >= 4 is 27.6 Å². The Morgan fingerprint density at radius 2 is 1.93 bits per heavy atom. The number of nitrogens with one attached hydrogen (secondary N) is 2. The van der Waals surface area contributed by atoms with Crippen molar-refractivity contribution < 1.29 is 27.1 Å². The van der Waals surface area contributed by atoms with Gasteiger partial charge in [-0.25, -0.2) is 12.8 Å². The lowest BCUT2D eigenvalue weighted by Gasteiger charge is -2.09. The monoisotopic (exact) mass is 405 g/mol. The number of sulfonamides is 1. The van der Waals surface area contributed by atoms with Crippen LogP contribution in [0.25, 0.3) is 0 Å². The van der Waals surface area contributed by atoms with E-state index in [1.807, 2.05) is 4.72 Å². The molecule has 2 N–H and O–H groups in total. The van der Waals surface area contributed by atoms with Gasteiger partial charge in [-0.1, -0.05) is 18.2 Å². The van der Waals surface area contributed by atoms with Crippen LogP contribution >= 0.6 is 0 Å². The van der Waals surface area contributed by atoms with Crippen LogP contribution in [0.2, 0.25) is 0 Å². The molecule has 0 spiro atoms. The van der Waals surface area contributed by atoms with E-state index in [4.69, 9.17) is 5.26 Å². The minimum absolute atomic E-state index is 0.0759. The summed E-state index contributed by atoms with van der Waals surface area (Å²) < 4.78 is 44.5. The largest absolute Gasteiger partial charge is 0.455 e. The van der Waals surface area contributed by atoms with E-state index in [1.165, 1.54) is 36.4 Å². The van der Waals surface area contributed by atoms with Gasteiger partial charge < -0.3 is 10.1 Å². The Morgan fingerprint density at radius 1 is 1.21 bits per heavy atom. The summed E-state index contributed by atoms with van der Waals surface area (Å²) in [6.07, 6.45) is 0. The number of carbonyl (C=O) groups is 2. The van der Waals surface area contributed by atoms with Crippen LogP contribution < -0.4 is 10.0 Å². The lowest BCUT2D eigenvalue weighted by molar-refractivity contribution is -0.146. The summed E-state index contributed by atoms with van der Waals surface area (Å²) in [7, 11) is -4.11. The molecule has 0 saturated heterocycles. The average molecular weight is 405 g/mol. The van der Waals surface area contributed by atoms with Crippen LogP contribution in [-0.4, -0.2) is 33.4 Å². The first-order valence-electron chi connectivity index (χ1n) is 7.93. The summed E-state index contributed by atoms with van der Waals surface area (Å²) in [5, 5.41) is 11.3. The average Bonchev–Trinajstić information content (AvgIpc) is 2.67. The SMILES string of the molecule is Cc1ccc(NC(=O)COC(=O)CNS(=O)(=O)c2ccccc2C#N)cc1F. The molecule has 10 heteroatoms. The normalized spacial score (nSPS) is 10.8. The van der Waals surface area contributed by atoms with E-state index in [0.29, 0.717) is 5.56 Å². The van der Waals surface area contributed by atoms with E-state index in [1.54, 1.807) is 13.0 Å². The van der Waals surface area contributed by atoms with E-state index >= 15 is 0 Å².